The molecule has 0 aliphatic carbocycles. The van der Waals surface area contributed by atoms with Crippen LogP contribution in [0.4, 0.5) is 0 Å². The molecule has 0 aliphatic heterocycles. The molecule has 0 bridgehead atoms. The summed E-state index contributed by atoms with van der Waals surface area (Å²) in [6.45, 7) is 0. The summed E-state index contributed by atoms with van der Waals surface area (Å²) >= 11 is 4.91. The molecule has 13 heavy (non-hydrogen) atoms. The molecule has 1 nitrogen and oxygen atoms in total. The molecule has 2 rings (SSSR count). The number of fused-ring (bicyclic) bond motifs is 1. The summed E-state index contributed by atoms with van der Waals surface area (Å²) in [5.74, 6) is 6.01. The molecule has 1 heterocycles. The lowest BCUT2D eigenvalue weighted by atomic mass is 10.2. The average molecular weight is 252 g/mol. The lowest BCUT2D eigenvalue weighted by Crippen LogP contribution is -1.74. The Bertz CT molecular complexity index is 478. The van der Waals surface area contributed by atoms with Crippen molar-refractivity contribution in [3.05, 3.63) is 29.3 Å². The Morgan fingerprint density at radius 1 is 1.46 bits per heavy atom. The molecule has 0 aliphatic rings. The fourth-order valence-electron chi connectivity index (χ4n) is 1.07. The highest BCUT2D eigenvalue weighted by atomic mass is 79.9. The van der Waals surface area contributed by atoms with Gasteiger partial charge in [-0.05, 0) is 18.2 Å². The van der Waals surface area contributed by atoms with Gasteiger partial charge < -0.3 is 0 Å². The maximum atomic E-state index is 4.23. The van der Waals surface area contributed by atoms with Gasteiger partial charge in [-0.15, -0.1) is 11.3 Å². The first-order valence-electron chi connectivity index (χ1n) is 3.78. The summed E-state index contributed by atoms with van der Waals surface area (Å²) in [5.41, 5.74) is 3.91. The summed E-state index contributed by atoms with van der Waals surface area (Å²) in [5, 5.41) is 0.710. The summed E-state index contributed by atoms with van der Waals surface area (Å²) in [6.07, 6.45) is 0. The van der Waals surface area contributed by atoms with Crippen LogP contribution in [-0.4, -0.2) is 10.3 Å². The Kier molecular flexibility index (Phi) is 2.62. The van der Waals surface area contributed by atoms with Crippen molar-refractivity contribution in [3.8, 4) is 11.8 Å². The lowest BCUT2D eigenvalue weighted by Gasteiger charge is -1.89. The number of halogens is 1. The molecule has 0 unspecified atom stereocenters. The van der Waals surface area contributed by atoms with Crippen molar-refractivity contribution < 1.29 is 0 Å². The Balaban J connectivity index is 2.48. The molecule has 1 aromatic heterocycles. The lowest BCUT2D eigenvalue weighted by molar-refractivity contribution is 1.49. The van der Waals surface area contributed by atoms with E-state index in [4.69, 9.17) is 0 Å². The summed E-state index contributed by atoms with van der Waals surface area (Å²) in [4.78, 5) is 4.23. The first kappa shape index (κ1) is 8.74. The maximum absolute atomic E-state index is 4.23. The van der Waals surface area contributed by atoms with Gasteiger partial charge in [0.1, 0.15) is 0 Å². The highest BCUT2D eigenvalue weighted by Crippen LogP contribution is 2.18. The zero-order valence-corrected chi connectivity index (χ0v) is 9.15. The SMILES string of the molecule is BrCC#Cc1ccc2scnc2c1. The fourth-order valence-corrected chi connectivity index (χ4v) is 1.87. The summed E-state index contributed by atoms with van der Waals surface area (Å²) in [6, 6.07) is 6.10. The number of hydrogen-bond acceptors (Lipinski definition) is 2. The summed E-state index contributed by atoms with van der Waals surface area (Å²) < 4.78 is 1.21. The van der Waals surface area contributed by atoms with Crippen molar-refractivity contribution >= 4 is 37.5 Å². The van der Waals surface area contributed by atoms with Crippen molar-refractivity contribution in [1.82, 2.24) is 4.98 Å². The van der Waals surface area contributed by atoms with E-state index in [1.165, 1.54) is 4.70 Å². The van der Waals surface area contributed by atoms with Crippen LogP contribution in [0.3, 0.4) is 0 Å². The molecule has 0 N–H and O–H groups in total. The topological polar surface area (TPSA) is 12.9 Å². The van der Waals surface area contributed by atoms with Crippen molar-refractivity contribution in [3.63, 3.8) is 0 Å². The van der Waals surface area contributed by atoms with E-state index in [0.717, 1.165) is 11.1 Å². The third-order valence-electron chi connectivity index (χ3n) is 1.63. The Morgan fingerprint density at radius 2 is 2.38 bits per heavy atom. The van der Waals surface area contributed by atoms with E-state index in [-0.39, 0.29) is 0 Å². The second-order valence-corrected chi connectivity index (χ2v) is 3.92. The highest BCUT2D eigenvalue weighted by molar-refractivity contribution is 9.09. The highest BCUT2D eigenvalue weighted by Gasteiger charge is 1.95. The van der Waals surface area contributed by atoms with Crippen LogP contribution in [0.1, 0.15) is 5.56 Å². The normalized spacial score (nSPS) is 9.62. The van der Waals surface area contributed by atoms with E-state index in [1.54, 1.807) is 11.3 Å². The molecule has 0 saturated heterocycles. The van der Waals surface area contributed by atoms with Crippen LogP contribution in [0, 0.1) is 11.8 Å². The largest absolute Gasteiger partial charge is 0.245 e. The first-order chi connectivity index (χ1) is 6.40. The molecule has 1 aromatic carbocycles. The number of alkyl halides is 1. The van der Waals surface area contributed by atoms with E-state index < -0.39 is 0 Å². The molecule has 0 fully saturated rings. The standard InChI is InChI=1S/C10H6BrNS/c11-5-1-2-8-3-4-10-9(6-8)12-7-13-10/h3-4,6-7H,5H2. The van der Waals surface area contributed by atoms with Gasteiger partial charge in [-0.3, -0.25) is 0 Å². The van der Waals surface area contributed by atoms with E-state index >= 15 is 0 Å². The second-order valence-electron chi connectivity index (χ2n) is 2.47. The number of benzene rings is 1. The van der Waals surface area contributed by atoms with Gasteiger partial charge >= 0.3 is 0 Å². The van der Waals surface area contributed by atoms with Crippen LogP contribution >= 0.6 is 27.3 Å². The number of aromatic nitrogens is 1. The third kappa shape index (κ3) is 1.90. The molecular formula is C10H6BrNS. The molecule has 3 heteroatoms. The van der Waals surface area contributed by atoms with Gasteiger partial charge in [0.2, 0.25) is 0 Å². The molecule has 0 radical (unpaired) electrons. The smallest absolute Gasteiger partial charge is 0.0824 e. The Labute approximate surface area is 88.9 Å². The molecule has 2 aromatic rings. The third-order valence-corrected chi connectivity index (χ3v) is 2.72. The van der Waals surface area contributed by atoms with Gasteiger partial charge in [-0.25, -0.2) is 4.98 Å². The minimum absolute atomic E-state index is 0.710. The van der Waals surface area contributed by atoms with Gasteiger partial charge in [0.25, 0.3) is 0 Å². The van der Waals surface area contributed by atoms with E-state index in [2.05, 4.69) is 38.8 Å². The Hall–Kier alpha value is -0.850. The van der Waals surface area contributed by atoms with Gasteiger partial charge in [0.15, 0.2) is 0 Å². The average Bonchev–Trinajstić information content (AvgIpc) is 2.61. The molecule has 0 amide bonds. The van der Waals surface area contributed by atoms with Crippen molar-refractivity contribution in [1.29, 1.82) is 0 Å². The molecule has 0 atom stereocenters. The van der Waals surface area contributed by atoms with Crippen molar-refractivity contribution in [2.45, 2.75) is 0 Å². The van der Waals surface area contributed by atoms with Gasteiger partial charge in [-0.2, -0.15) is 0 Å². The predicted molar refractivity (Wildman–Crippen MR) is 60.3 cm³/mol. The van der Waals surface area contributed by atoms with E-state index in [1.807, 2.05) is 17.6 Å². The first-order valence-corrected chi connectivity index (χ1v) is 5.78. The number of thiazole rings is 1. The van der Waals surface area contributed by atoms with Crippen LogP contribution in [-0.2, 0) is 0 Å². The van der Waals surface area contributed by atoms with Crippen LogP contribution in [0.2, 0.25) is 0 Å². The zero-order chi connectivity index (χ0) is 9.10. The van der Waals surface area contributed by atoms with Gasteiger partial charge in [0.05, 0.1) is 21.1 Å². The van der Waals surface area contributed by atoms with Crippen LogP contribution in [0.5, 0.6) is 0 Å². The van der Waals surface area contributed by atoms with Crippen LogP contribution in [0.25, 0.3) is 10.2 Å². The molecule has 64 valence electrons. The molecule has 0 saturated carbocycles. The minimum atomic E-state index is 0.710. The predicted octanol–water partition coefficient (Wildman–Crippen LogP) is 3.04. The fraction of sp³-hybridized carbons (Fsp3) is 0.100. The van der Waals surface area contributed by atoms with Crippen molar-refractivity contribution in [2.75, 3.05) is 5.33 Å². The summed E-state index contributed by atoms with van der Waals surface area (Å²) in [7, 11) is 0. The van der Waals surface area contributed by atoms with E-state index in [9.17, 15) is 0 Å². The zero-order valence-electron chi connectivity index (χ0n) is 6.75. The minimum Gasteiger partial charge on any atom is -0.245 e. The maximum Gasteiger partial charge on any atom is 0.0824 e. The molecule has 0 spiro atoms. The Morgan fingerprint density at radius 3 is 3.23 bits per heavy atom. The number of nitrogens with zero attached hydrogens (tertiary/aromatic N) is 1. The van der Waals surface area contributed by atoms with Crippen LogP contribution < -0.4 is 0 Å². The molecular weight excluding hydrogens is 246 g/mol. The van der Waals surface area contributed by atoms with Crippen LogP contribution in [0.15, 0.2) is 23.7 Å². The van der Waals surface area contributed by atoms with Crippen molar-refractivity contribution in [2.24, 2.45) is 0 Å². The van der Waals surface area contributed by atoms with Gasteiger partial charge in [-0.1, -0.05) is 27.8 Å². The van der Waals surface area contributed by atoms with E-state index in [0.29, 0.717) is 5.33 Å². The number of hydrogen-bond donors (Lipinski definition) is 0. The quantitative estimate of drug-likeness (QED) is 0.518. The second kappa shape index (κ2) is 3.91. The number of rotatable bonds is 0. The monoisotopic (exact) mass is 251 g/mol. The van der Waals surface area contributed by atoms with Gasteiger partial charge in [0, 0.05) is 5.56 Å².